The summed E-state index contributed by atoms with van der Waals surface area (Å²) >= 11 is 0. The molecule has 0 spiro atoms. The number of ether oxygens (including phenoxy) is 2. The minimum Gasteiger partial charge on any atom is -0.493 e. The average molecular weight is 290 g/mol. The van der Waals surface area contributed by atoms with Crippen molar-refractivity contribution in [2.75, 3.05) is 19.5 Å². The number of methoxy groups -OCH3 is 2. The van der Waals surface area contributed by atoms with Gasteiger partial charge in [0.1, 0.15) is 0 Å². The predicted molar refractivity (Wildman–Crippen MR) is 76.4 cm³/mol. The summed E-state index contributed by atoms with van der Waals surface area (Å²) in [4.78, 5) is 16.4. The molecule has 0 radical (unpaired) electrons. The Kier molecular flexibility index (Phi) is 4.37. The standard InChI is InChI=1S/C15H15FN2O3/c1-9-13(20-2)12(7-8-17-9)18-15(19)10-5-4-6-11(16)14(10)21-3/h4-8H,1-3H3,(H,17,18,19). The molecule has 0 unspecified atom stereocenters. The number of halogens is 1. The molecule has 5 nitrogen and oxygen atoms in total. The molecule has 2 aromatic rings. The molecule has 1 aromatic carbocycles. The number of para-hydroxylation sites is 1. The Hall–Kier alpha value is -2.63. The van der Waals surface area contributed by atoms with Gasteiger partial charge < -0.3 is 14.8 Å². The molecule has 0 aliphatic carbocycles. The third-order valence-corrected chi connectivity index (χ3v) is 2.95. The Morgan fingerprint density at radius 3 is 2.57 bits per heavy atom. The normalized spacial score (nSPS) is 10.1. The Labute approximate surface area is 121 Å². The van der Waals surface area contributed by atoms with Crippen molar-refractivity contribution in [1.29, 1.82) is 0 Å². The molecule has 21 heavy (non-hydrogen) atoms. The fraction of sp³-hybridized carbons (Fsp3) is 0.200. The molecule has 0 fully saturated rings. The maximum atomic E-state index is 13.6. The lowest BCUT2D eigenvalue weighted by Gasteiger charge is -2.13. The molecule has 1 N–H and O–H groups in total. The fourth-order valence-corrected chi connectivity index (χ4v) is 1.99. The summed E-state index contributed by atoms with van der Waals surface area (Å²) < 4.78 is 23.8. The molecule has 1 aromatic heterocycles. The van der Waals surface area contributed by atoms with Crippen LogP contribution in [0.1, 0.15) is 16.1 Å². The van der Waals surface area contributed by atoms with Gasteiger partial charge in [-0.15, -0.1) is 0 Å². The van der Waals surface area contributed by atoms with Gasteiger partial charge in [-0.25, -0.2) is 4.39 Å². The molecule has 0 atom stereocenters. The predicted octanol–water partition coefficient (Wildman–Crippen LogP) is 2.80. The van der Waals surface area contributed by atoms with E-state index >= 15 is 0 Å². The van der Waals surface area contributed by atoms with Crippen LogP contribution in [0.15, 0.2) is 30.5 Å². The van der Waals surface area contributed by atoms with Crippen LogP contribution >= 0.6 is 0 Å². The van der Waals surface area contributed by atoms with Crippen molar-refractivity contribution < 1.29 is 18.7 Å². The van der Waals surface area contributed by atoms with Crippen molar-refractivity contribution in [2.45, 2.75) is 6.92 Å². The third kappa shape index (κ3) is 2.94. The number of nitrogens with zero attached hydrogens (tertiary/aromatic N) is 1. The largest absolute Gasteiger partial charge is 0.493 e. The van der Waals surface area contributed by atoms with Gasteiger partial charge in [0.2, 0.25) is 0 Å². The highest BCUT2D eigenvalue weighted by molar-refractivity contribution is 6.07. The molecule has 110 valence electrons. The molecular formula is C15H15FN2O3. The highest BCUT2D eigenvalue weighted by atomic mass is 19.1. The van der Waals surface area contributed by atoms with Crippen LogP contribution in [0.3, 0.4) is 0 Å². The van der Waals surface area contributed by atoms with Crippen molar-refractivity contribution >= 4 is 11.6 Å². The lowest BCUT2D eigenvalue weighted by atomic mass is 10.1. The van der Waals surface area contributed by atoms with Crippen LogP contribution < -0.4 is 14.8 Å². The van der Waals surface area contributed by atoms with Gasteiger partial charge in [-0.2, -0.15) is 0 Å². The smallest absolute Gasteiger partial charge is 0.259 e. The molecule has 2 rings (SSSR count). The van der Waals surface area contributed by atoms with Gasteiger partial charge in [-0.3, -0.25) is 9.78 Å². The van der Waals surface area contributed by atoms with Gasteiger partial charge in [-0.1, -0.05) is 6.07 Å². The molecule has 0 saturated heterocycles. The van der Waals surface area contributed by atoms with Gasteiger partial charge in [0, 0.05) is 6.20 Å². The van der Waals surface area contributed by atoms with Crippen LogP contribution in [-0.4, -0.2) is 25.1 Å². The second kappa shape index (κ2) is 6.21. The van der Waals surface area contributed by atoms with Gasteiger partial charge in [-0.05, 0) is 25.1 Å². The number of aromatic nitrogens is 1. The number of aryl methyl sites for hydroxylation is 1. The minimum atomic E-state index is -0.594. The second-order valence-corrected chi connectivity index (χ2v) is 4.25. The van der Waals surface area contributed by atoms with E-state index in [-0.39, 0.29) is 11.3 Å². The number of carbonyl (C=O) groups is 1. The van der Waals surface area contributed by atoms with E-state index in [1.807, 2.05) is 0 Å². The minimum absolute atomic E-state index is 0.0975. The van der Waals surface area contributed by atoms with Crippen molar-refractivity contribution in [3.05, 3.63) is 47.5 Å². The van der Waals surface area contributed by atoms with Gasteiger partial charge in [0.15, 0.2) is 17.3 Å². The van der Waals surface area contributed by atoms with E-state index in [0.29, 0.717) is 17.1 Å². The van der Waals surface area contributed by atoms with E-state index in [2.05, 4.69) is 10.3 Å². The summed E-state index contributed by atoms with van der Waals surface area (Å²) in [7, 11) is 2.80. The van der Waals surface area contributed by atoms with E-state index in [1.54, 1.807) is 19.2 Å². The number of hydrogen-bond acceptors (Lipinski definition) is 4. The van der Waals surface area contributed by atoms with Crippen LogP contribution in [0.25, 0.3) is 0 Å². The third-order valence-electron chi connectivity index (χ3n) is 2.95. The Morgan fingerprint density at radius 2 is 1.90 bits per heavy atom. The average Bonchev–Trinajstić information content (AvgIpc) is 2.47. The number of pyridine rings is 1. The number of benzene rings is 1. The lowest BCUT2D eigenvalue weighted by Crippen LogP contribution is -2.15. The van der Waals surface area contributed by atoms with Crippen LogP contribution in [0.2, 0.25) is 0 Å². The quantitative estimate of drug-likeness (QED) is 0.940. The lowest BCUT2D eigenvalue weighted by molar-refractivity contribution is 0.102. The van der Waals surface area contributed by atoms with Crippen LogP contribution in [0, 0.1) is 12.7 Å². The van der Waals surface area contributed by atoms with Gasteiger partial charge in [0.25, 0.3) is 5.91 Å². The maximum absolute atomic E-state index is 13.6. The molecular weight excluding hydrogens is 275 g/mol. The zero-order valence-electron chi connectivity index (χ0n) is 11.9. The van der Waals surface area contributed by atoms with E-state index in [0.717, 1.165) is 0 Å². The number of amides is 1. The first-order chi connectivity index (χ1) is 10.1. The summed E-state index contributed by atoms with van der Waals surface area (Å²) in [6, 6.07) is 5.77. The molecule has 0 aliphatic heterocycles. The van der Waals surface area contributed by atoms with Crippen molar-refractivity contribution in [2.24, 2.45) is 0 Å². The maximum Gasteiger partial charge on any atom is 0.259 e. The summed E-state index contributed by atoms with van der Waals surface area (Å²) in [5, 5.41) is 2.67. The molecule has 1 heterocycles. The van der Waals surface area contributed by atoms with Crippen molar-refractivity contribution in [1.82, 2.24) is 4.98 Å². The molecule has 0 bridgehead atoms. The topological polar surface area (TPSA) is 60.5 Å². The highest BCUT2D eigenvalue weighted by Crippen LogP contribution is 2.28. The van der Waals surface area contributed by atoms with Crippen LogP contribution in [0.5, 0.6) is 11.5 Å². The monoisotopic (exact) mass is 290 g/mol. The van der Waals surface area contributed by atoms with Crippen LogP contribution in [0.4, 0.5) is 10.1 Å². The van der Waals surface area contributed by atoms with Crippen molar-refractivity contribution in [3.8, 4) is 11.5 Å². The molecule has 6 heteroatoms. The Balaban J connectivity index is 2.35. The van der Waals surface area contributed by atoms with Gasteiger partial charge in [0.05, 0.1) is 31.2 Å². The molecule has 0 aliphatic rings. The summed E-state index contributed by atoms with van der Waals surface area (Å²) in [5.41, 5.74) is 1.21. The van der Waals surface area contributed by atoms with Crippen LogP contribution in [-0.2, 0) is 0 Å². The zero-order chi connectivity index (χ0) is 15.4. The number of nitrogens with one attached hydrogen (secondary N) is 1. The number of anilines is 1. The van der Waals surface area contributed by atoms with E-state index in [1.165, 1.54) is 32.4 Å². The first kappa shape index (κ1) is 14.8. The van der Waals surface area contributed by atoms with E-state index < -0.39 is 11.7 Å². The van der Waals surface area contributed by atoms with Gasteiger partial charge >= 0.3 is 0 Å². The SMILES string of the molecule is COc1c(F)cccc1C(=O)Nc1ccnc(C)c1OC. The Morgan fingerprint density at radius 1 is 1.19 bits per heavy atom. The first-order valence-corrected chi connectivity index (χ1v) is 6.22. The fourth-order valence-electron chi connectivity index (χ4n) is 1.99. The summed E-state index contributed by atoms with van der Waals surface area (Å²) in [5.74, 6) is -0.723. The van der Waals surface area contributed by atoms with E-state index in [4.69, 9.17) is 9.47 Å². The van der Waals surface area contributed by atoms with Crippen molar-refractivity contribution in [3.63, 3.8) is 0 Å². The molecule has 0 saturated carbocycles. The number of rotatable bonds is 4. The van der Waals surface area contributed by atoms with E-state index in [9.17, 15) is 9.18 Å². The number of hydrogen-bond donors (Lipinski definition) is 1. The second-order valence-electron chi connectivity index (χ2n) is 4.25. The zero-order valence-corrected chi connectivity index (χ0v) is 11.9. The number of carbonyl (C=O) groups excluding carboxylic acids is 1. The summed E-state index contributed by atoms with van der Waals surface area (Å²) in [6.45, 7) is 1.76. The Bertz CT molecular complexity index is 674. The molecule has 1 amide bonds. The highest BCUT2D eigenvalue weighted by Gasteiger charge is 2.18. The first-order valence-electron chi connectivity index (χ1n) is 6.22. The summed E-state index contributed by atoms with van der Waals surface area (Å²) in [6.07, 6.45) is 1.55.